The minimum Gasteiger partial charge on any atom is -0.508 e. The Balaban J connectivity index is 0.000000304. The van der Waals surface area contributed by atoms with Gasteiger partial charge in [0.15, 0.2) is 5.78 Å². The van der Waals surface area contributed by atoms with Crippen molar-refractivity contribution in [2.24, 2.45) is 0 Å². The zero-order valence-corrected chi connectivity index (χ0v) is 18.5. The number of carbonyl (C=O) groups is 2. The summed E-state index contributed by atoms with van der Waals surface area (Å²) < 4.78 is 0. The van der Waals surface area contributed by atoms with Crippen LogP contribution in [0.15, 0.2) is 48.5 Å². The first-order valence-electron chi connectivity index (χ1n) is 10.7. The van der Waals surface area contributed by atoms with Gasteiger partial charge in [0.25, 0.3) is 0 Å². The third-order valence-electron chi connectivity index (χ3n) is 4.74. The molecule has 0 amide bonds. The normalized spacial score (nSPS) is 10.2. The molecule has 0 saturated carbocycles. The molecule has 0 saturated heterocycles. The molecule has 30 heavy (non-hydrogen) atoms. The molecule has 4 nitrogen and oxygen atoms in total. The zero-order chi connectivity index (χ0) is 22.2. The highest BCUT2D eigenvalue weighted by Gasteiger charge is 2.08. The van der Waals surface area contributed by atoms with Crippen molar-refractivity contribution in [3.05, 3.63) is 59.7 Å². The number of rotatable bonds is 12. The van der Waals surface area contributed by atoms with E-state index in [0.717, 1.165) is 12.8 Å². The van der Waals surface area contributed by atoms with Gasteiger partial charge in [0.1, 0.15) is 11.5 Å². The SMILES string of the molecule is CCCCCCCCCCCC(=O)Cl.O=C(c1ccc(O)cc1)c1ccc(O)cc1. The number of unbranched alkanes of at least 4 members (excludes halogenated alkanes) is 8. The highest BCUT2D eigenvalue weighted by molar-refractivity contribution is 6.63. The summed E-state index contributed by atoms with van der Waals surface area (Å²) >= 11 is 5.24. The fourth-order valence-corrected chi connectivity index (χ4v) is 3.10. The lowest BCUT2D eigenvalue weighted by atomic mass is 10.0. The third-order valence-corrected chi connectivity index (χ3v) is 4.92. The molecule has 0 bridgehead atoms. The smallest absolute Gasteiger partial charge is 0.221 e. The molecule has 0 aromatic heterocycles. The molecule has 0 aliphatic heterocycles. The van der Waals surface area contributed by atoms with Gasteiger partial charge in [-0.1, -0.05) is 58.3 Å². The molecule has 0 atom stereocenters. The molecule has 0 fully saturated rings. The first-order chi connectivity index (χ1) is 14.4. The maximum atomic E-state index is 11.9. The largest absolute Gasteiger partial charge is 0.508 e. The summed E-state index contributed by atoms with van der Waals surface area (Å²) in [5.74, 6) is 0.115. The monoisotopic (exact) mass is 432 g/mol. The van der Waals surface area contributed by atoms with Crippen LogP contribution in [0.2, 0.25) is 0 Å². The summed E-state index contributed by atoms with van der Waals surface area (Å²) in [7, 11) is 0. The second-order valence-electron chi connectivity index (χ2n) is 7.36. The van der Waals surface area contributed by atoms with E-state index < -0.39 is 0 Å². The van der Waals surface area contributed by atoms with Gasteiger partial charge in [-0.25, -0.2) is 0 Å². The van der Waals surface area contributed by atoms with Crippen LogP contribution in [0.1, 0.15) is 87.1 Å². The van der Waals surface area contributed by atoms with Crippen LogP contribution in [-0.4, -0.2) is 21.2 Å². The average molecular weight is 433 g/mol. The van der Waals surface area contributed by atoms with E-state index in [4.69, 9.17) is 21.8 Å². The molecule has 0 spiro atoms. The standard InChI is InChI=1S/C13H10O3.C12H23ClO/c14-11-5-1-9(2-6-11)13(16)10-3-7-12(15)8-4-10;1-2-3-4-5-6-7-8-9-10-11-12(13)14/h1-8,14-15H;2-11H2,1H3. The molecule has 0 unspecified atom stereocenters. The van der Waals surface area contributed by atoms with Crippen LogP contribution in [0.4, 0.5) is 0 Å². The molecule has 0 radical (unpaired) electrons. The molecule has 0 heterocycles. The van der Waals surface area contributed by atoms with Gasteiger partial charge in [0.2, 0.25) is 5.24 Å². The number of hydrogen-bond acceptors (Lipinski definition) is 4. The molecule has 2 aromatic carbocycles. The Morgan fingerprint density at radius 1 is 0.667 bits per heavy atom. The van der Waals surface area contributed by atoms with E-state index in [-0.39, 0.29) is 22.5 Å². The highest BCUT2D eigenvalue weighted by atomic mass is 35.5. The highest BCUT2D eigenvalue weighted by Crippen LogP contribution is 2.16. The fraction of sp³-hybridized carbons (Fsp3) is 0.440. The lowest BCUT2D eigenvalue weighted by Gasteiger charge is -2.01. The summed E-state index contributed by atoms with van der Waals surface area (Å²) in [4.78, 5) is 22.3. The quantitative estimate of drug-likeness (QED) is 0.215. The Bertz CT molecular complexity index is 691. The van der Waals surface area contributed by atoms with Crippen LogP contribution in [0.3, 0.4) is 0 Å². The van der Waals surface area contributed by atoms with Gasteiger partial charge in [-0.15, -0.1) is 0 Å². The minimum absolute atomic E-state index is 0.127. The summed E-state index contributed by atoms with van der Waals surface area (Å²) in [6, 6.07) is 12.1. The second kappa shape index (κ2) is 15.5. The van der Waals surface area contributed by atoms with E-state index in [9.17, 15) is 9.59 Å². The molecule has 5 heteroatoms. The van der Waals surface area contributed by atoms with Gasteiger partial charge in [0.05, 0.1) is 0 Å². The van der Waals surface area contributed by atoms with Gasteiger partial charge < -0.3 is 10.2 Å². The minimum atomic E-state index is -0.187. The van der Waals surface area contributed by atoms with E-state index in [0.29, 0.717) is 17.5 Å². The molecule has 2 aromatic rings. The summed E-state index contributed by atoms with van der Waals surface area (Å²) in [5.41, 5.74) is 1.01. The van der Waals surface area contributed by atoms with Crippen molar-refractivity contribution in [2.45, 2.75) is 71.1 Å². The molecular weight excluding hydrogens is 400 g/mol. The number of hydrogen-bond donors (Lipinski definition) is 2. The Labute approximate surface area is 184 Å². The van der Waals surface area contributed by atoms with Crippen LogP contribution < -0.4 is 0 Å². The maximum Gasteiger partial charge on any atom is 0.221 e. The van der Waals surface area contributed by atoms with E-state index >= 15 is 0 Å². The predicted octanol–water partition coefficient (Wildman–Crippen LogP) is 7.00. The van der Waals surface area contributed by atoms with Crippen LogP contribution in [0.5, 0.6) is 11.5 Å². The van der Waals surface area contributed by atoms with Crippen molar-refractivity contribution in [1.29, 1.82) is 0 Å². The Morgan fingerprint density at radius 2 is 1.03 bits per heavy atom. The van der Waals surface area contributed by atoms with Crippen molar-refractivity contribution in [1.82, 2.24) is 0 Å². The number of ketones is 1. The summed E-state index contributed by atoms with van der Waals surface area (Å²) in [6.07, 6.45) is 12.1. The topological polar surface area (TPSA) is 74.6 Å². The fourth-order valence-electron chi connectivity index (χ4n) is 2.97. The molecule has 0 aliphatic carbocycles. The second-order valence-corrected chi connectivity index (χ2v) is 7.78. The Morgan fingerprint density at radius 3 is 1.40 bits per heavy atom. The van der Waals surface area contributed by atoms with Gasteiger partial charge >= 0.3 is 0 Å². The molecular formula is C25H33ClO4. The molecule has 2 rings (SSSR count). The van der Waals surface area contributed by atoms with Crippen LogP contribution >= 0.6 is 11.6 Å². The summed E-state index contributed by atoms with van der Waals surface area (Å²) in [6.45, 7) is 2.24. The maximum absolute atomic E-state index is 11.9. The number of phenolic OH excluding ortho intramolecular Hbond substituents is 2. The van der Waals surface area contributed by atoms with Crippen molar-refractivity contribution in [3.8, 4) is 11.5 Å². The van der Waals surface area contributed by atoms with Gasteiger partial charge in [0, 0.05) is 17.5 Å². The van der Waals surface area contributed by atoms with Crippen molar-refractivity contribution in [3.63, 3.8) is 0 Å². The van der Waals surface area contributed by atoms with Gasteiger partial charge in [-0.2, -0.15) is 0 Å². The lowest BCUT2D eigenvalue weighted by molar-refractivity contribution is -0.111. The van der Waals surface area contributed by atoms with Gasteiger partial charge in [-0.05, 0) is 66.6 Å². The van der Waals surface area contributed by atoms with Crippen molar-refractivity contribution < 1.29 is 19.8 Å². The number of carbonyl (C=O) groups excluding carboxylic acids is 2. The van der Waals surface area contributed by atoms with E-state index in [1.165, 1.54) is 69.2 Å². The number of phenols is 2. The van der Waals surface area contributed by atoms with Gasteiger partial charge in [-0.3, -0.25) is 9.59 Å². The Kier molecular flexibility index (Phi) is 13.3. The number of halogens is 1. The third kappa shape index (κ3) is 11.6. The van der Waals surface area contributed by atoms with Crippen molar-refractivity contribution in [2.75, 3.05) is 0 Å². The molecule has 164 valence electrons. The summed E-state index contributed by atoms with van der Waals surface area (Å²) in [5, 5.41) is 18.0. The first kappa shape index (κ1) is 25.7. The molecule has 2 N–H and O–H groups in total. The molecule has 0 aliphatic rings. The van der Waals surface area contributed by atoms with Crippen LogP contribution in [-0.2, 0) is 4.79 Å². The zero-order valence-electron chi connectivity index (χ0n) is 17.8. The van der Waals surface area contributed by atoms with E-state index in [1.54, 1.807) is 24.3 Å². The predicted molar refractivity (Wildman–Crippen MR) is 122 cm³/mol. The van der Waals surface area contributed by atoms with Crippen LogP contribution in [0.25, 0.3) is 0 Å². The average Bonchev–Trinajstić information content (AvgIpc) is 2.73. The Hall–Kier alpha value is -2.33. The van der Waals surface area contributed by atoms with E-state index in [2.05, 4.69) is 6.92 Å². The van der Waals surface area contributed by atoms with E-state index in [1.807, 2.05) is 0 Å². The van der Waals surface area contributed by atoms with Crippen LogP contribution in [0, 0.1) is 0 Å². The lowest BCUT2D eigenvalue weighted by Crippen LogP contribution is -2.00. The number of benzene rings is 2. The first-order valence-corrected chi connectivity index (χ1v) is 11.1. The van der Waals surface area contributed by atoms with Crippen molar-refractivity contribution >= 4 is 22.6 Å². The number of aromatic hydroxyl groups is 2.